The van der Waals surface area contributed by atoms with E-state index in [0.717, 1.165) is 10.1 Å². The highest BCUT2D eigenvalue weighted by Crippen LogP contribution is 2.24. The summed E-state index contributed by atoms with van der Waals surface area (Å²) in [7, 11) is 1.50. The second-order valence-corrected chi connectivity index (χ2v) is 7.42. The molecule has 0 radical (unpaired) electrons. The van der Waals surface area contributed by atoms with Crippen molar-refractivity contribution in [2.24, 2.45) is 0 Å². The Morgan fingerprint density at radius 3 is 2.45 bits per heavy atom. The number of esters is 1. The van der Waals surface area contributed by atoms with Gasteiger partial charge in [0.25, 0.3) is 5.56 Å². The van der Waals surface area contributed by atoms with E-state index in [1.807, 2.05) is 30.3 Å². The zero-order valence-electron chi connectivity index (χ0n) is 18.6. The molecule has 170 valence electrons. The molecule has 0 saturated heterocycles. The summed E-state index contributed by atoms with van der Waals surface area (Å²) >= 11 is 0. The van der Waals surface area contributed by atoms with Gasteiger partial charge in [0.1, 0.15) is 11.8 Å². The molecule has 0 N–H and O–H groups in total. The van der Waals surface area contributed by atoms with Crippen molar-refractivity contribution in [3.63, 3.8) is 0 Å². The highest BCUT2D eigenvalue weighted by molar-refractivity contribution is 5.79. The van der Waals surface area contributed by atoms with Crippen LogP contribution in [0.15, 0.2) is 70.5 Å². The van der Waals surface area contributed by atoms with Crippen molar-refractivity contribution >= 4 is 17.1 Å². The molecule has 9 nitrogen and oxygen atoms in total. The number of benzene rings is 2. The van der Waals surface area contributed by atoms with Gasteiger partial charge in [-0.15, -0.1) is 0 Å². The molecule has 0 saturated carbocycles. The van der Waals surface area contributed by atoms with Gasteiger partial charge in [0.2, 0.25) is 0 Å². The topological polar surface area (TPSA) is 97.4 Å². The summed E-state index contributed by atoms with van der Waals surface area (Å²) in [4.78, 5) is 44.0. The van der Waals surface area contributed by atoms with Crippen LogP contribution in [0.3, 0.4) is 0 Å². The second kappa shape index (κ2) is 9.15. The van der Waals surface area contributed by atoms with Gasteiger partial charge in [-0.05, 0) is 31.5 Å². The first-order valence-electron chi connectivity index (χ1n) is 10.5. The van der Waals surface area contributed by atoms with Crippen molar-refractivity contribution in [1.82, 2.24) is 18.7 Å². The van der Waals surface area contributed by atoms with Gasteiger partial charge in [0.05, 0.1) is 32.3 Å². The summed E-state index contributed by atoms with van der Waals surface area (Å²) in [6, 6.07) is 15.4. The first-order chi connectivity index (χ1) is 16.0. The second-order valence-electron chi connectivity index (χ2n) is 7.42. The molecule has 0 bridgehead atoms. The number of hydrogen-bond acceptors (Lipinski definition) is 6. The fourth-order valence-corrected chi connectivity index (χ4v) is 3.75. The third-order valence-corrected chi connectivity index (χ3v) is 5.41. The number of fused-ring (bicyclic) bond motifs is 1. The van der Waals surface area contributed by atoms with Crippen LogP contribution in [0.4, 0.5) is 0 Å². The molecule has 0 aliphatic heterocycles. The fourth-order valence-electron chi connectivity index (χ4n) is 3.75. The highest BCUT2D eigenvalue weighted by atomic mass is 16.5. The maximum atomic E-state index is 13.6. The number of nitrogens with zero attached hydrogens (tertiary/aromatic N) is 4. The predicted octanol–water partition coefficient (Wildman–Crippen LogP) is 2.53. The molecule has 2 aromatic carbocycles. The monoisotopic (exact) mass is 448 g/mol. The van der Waals surface area contributed by atoms with Crippen LogP contribution in [0.25, 0.3) is 16.9 Å². The third-order valence-electron chi connectivity index (χ3n) is 5.41. The van der Waals surface area contributed by atoms with Crippen LogP contribution >= 0.6 is 0 Å². The average molecular weight is 448 g/mol. The fraction of sp³-hybridized carbons (Fsp3) is 0.250. The molecule has 9 heteroatoms. The van der Waals surface area contributed by atoms with Crippen molar-refractivity contribution in [2.75, 3.05) is 13.7 Å². The summed E-state index contributed by atoms with van der Waals surface area (Å²) in [5.41, 5.74) is 0.374. The van der Waals surface area contributed by atoms with Gasteiger partial charge < -0.3 is 14.0 Å². The van der Waals surface area contributed by atoms with Gasteiger partial charge in [-0.3, -0.25) is 9.36 Å². The lowest BCUT2D eigenvalue weighted by atomic mass is 10.2. The molecule has 0 aliphatic rings. The summed E-state index contributed by atoms with van der Waals surface area (Å²) in [6.45, 7) is 3.60. The lowest BCUT2D eigenvalue weighted by Gasteiger charge is -2.16. The maximum absolute atomic E-state index is 13.6. The molecule has 1 atom stereocenters. The molecule has 0 amide bonds. The number of rotatable bonds is 7. The van der Waals surface area contributed by atoms with Crippen molar-refractivity contribution < 1.29 is 14.3 Å². The quantitative estimate of drug-likeness (QED) is 0.403. The van der Waals surface area contributed by atoms with Crippen molar-refractivity contribution in [3.8, 4) is 11.4 Å². The molecule has 0 spiro atoms. The zero-order valence-corrected chi connectivity index (χ0v) is 18.6. The van der Waals surface area contributed by atoms with Gasteiger partial charge in [-0.25, -0.2) is 19.1 Å². The Kier molecular flexibility index (Phi) is 6.12. The minimum Gasteiger partial charge on any atom is -0.495 e. The van der Waals surface area contributed by atoms with E-state index in [1.165, 1.54) is 22.6 Å². The predicted molar refractivity (Wildman–Crippen MR) is 123 cm³/mol. The van der Waals surface area contributed by atoms with Crippen LogP contribution in [0.5, 0.6) is 5.75 Å². The Labute approximate surface area is 189 Å². The number of carbonyl (C=O) groups excluding carboxylic acids is 1. The first-order valence-corrected chi connectivity index (χ1v) is 10.5. The third kappa shape index (κ3) is 3.93. The largest absolute Gasteiger partial charge is 0.495 e. The summed E-state index contributed by atoms with van der Waals surface area (Å²) in [5, 5.41) is 0. The number of para-hydroxylation sites is 2. The Bertz CT molecular complexity index is 1420. The highest BCUT2D eigenvalue weighted by Gasteiger charge is 2.25. The molecule has 2 heterocycles. The van der Waals surface area contributed by atoms with E-state index in [2.05, 4.69) is 4.98 Å². The number of imidazole rings is 1. The first kappa shape index (κ1) is 22.1. The van der Waals surface area contributed by atoms with Crippen molar-refractivity contribution in [1.29, 1.82) is 0 Å². The van der Waals surface area contributed by atoms with Crippen LogP contribution in [0.2, 0.25) is 0 Å². The molecule has 0 aliphatic carbocycles. The summed E-state index contributed by atoms with van der Waals surface area (Å²) in [5.74, 6) is -0.0559. The van der Waals surface area contributed by atoms with E-state index < -0.39 is 23.3 Å². The average Bonchev–Trinajstić information content (AvgIpc) is 3.27. The Morgan fingerprint density at radius 1 is 1.06 bits per heavy atom. The number of aromatic nitrogens is 4. The Balaban J connectivity index is 2.05. The van der Waals surface area contributed by atoms with E-state index in [1.54, 1.807) is 38.1 Å². The molecule has 0 fully saturated rings. The van der Waals surface area contributed by atoms with E-state index in [-0.39, 0.29) is 24.3 Å². The van der Waals surface area contributed by atoms with Gasteiger partial charge in [-0.1, -0.05) is 42.5 Å². The van der Waals surface area contributed by atoms with Gasteiger partial charge >= 0.3 is 11.7 Å². The maximum Gasteiger partial charge on any atom is 0.337 e. The van der Waals surface area contributed by atoms with Crippen LogP contribution in [-0.2, 0) is 16.1 Å². The standard InChI is InChI=1S/C24H24N4O5/c1-4-33-23(30)16(2)27-15-25-21-20(27)22(29)26(14-17-10-6-5-7-11-17)24(31)28(21)18-12-8-9-13-19(18)32-3/h5-13,15-16H,4,14H2,1-3H3/t16-/m1/s1. The number of carbonyl (C=O) groups is 1. The lowest BCUT2D eigenvalue weighted by molar-refractivity contribution is -0.146. The molecule has 4 rings (SSSR count). The van der Waals surface area contributed by atoms with Crippen LogP contribution in [0, 0.1) is 0 Å². The van der Waals surface area contributed by atoms with Crippen molar-refractivity contribution in [3.05, 3.63) is 87.3 Å². The van der Waals surface area contributed by atoms with Crippen LogP contribution in [0.1, 0.15) is 25.5 Å². The molecular weight excluding hydrogens is 424 g/mol. The van der Waals surface area contributed by atoms with Gasteiger partial charge in [-0.2, -0.15) is 0 Å². The smallest absolute Gasteiger partial charge is 0.337 e. The molecule has 2 aromatic heterocycles. The van der Waals surface area contributed by atoms with Crippen LogP contribution in [-0.4, -0.2) is 38.4 Å². The minimum absolute atomic E-state index is 0.0581. The number of hydrogen-bond donors (Lipinski definition) is 0. The molecule has 4 aromatic rings. The Morgan fingerprint density at radius 2 is 1.76 bits per heavy atom. The normalized spacial score (nSPS) is 12.0. The van der Waals surface area contributed by atoms with Gasteiger partial charge in [0.15, 0.2) is 11.2 Å². The number of ether oxygens (including phenoxy) is 2. The van der Waals surface area contributed by atoms with Crippen molar-refractivity contribution in [2.45, 2.75) is 26.4 Å². The minimum atomic E-state index is -0.809. The van der Waals surface area contributed by atoms with E-state index >= 15 is 0 Å². The Hall–Kier alpha value is -4.14. The molecule has 33 heavy (non-hydrogen) atoms. The van der Waals surface area contributed by atoms with E-state index in [9.17, 15) is 14.4 Å². The lowest BCUT2D eigenvalue weighted by Crippen LogP contribution is -2.40. The SMILES string of the molecule is CCOC(=O)[C@@H](C)n1cnc2c1c(=O)n(Cc1ccccc1)c(=O)n2-c1ccccc1OC. The van der Waals surface area contributed by atoms with E-state index in [4.69, 9.17) is 9.47 Å². The van der Waals surface area contributed by atoms with E-state index in [0.29, 0.717) is 11.4 Å². The summed E-state index contributed by atoms with van der Waals surface area (Å²) in [6.07, 6.45) is 1.38. The summed E-state index contributed by atoms with van der Waals surface area (Å²) < 4.78 is 14.5. The molecule has 0 unspecified atom stereocenters. The van der Waals surface area contributed by atoms with Gasteiger partial charge in [0, 0.05) is 0 Å². The number of methoxy groups -OCH3 is 1. The zero-order chi connectivity index (χ0) is 23.5. The molecular formula is C24H24N4O5. The van der Waals surface area contributed by atoms with Crippen LogP contribution < -0.4 is 16.0 Å².